The summed E-state index contributed by atoms with van der Waals surface area (Å²) in [7, 11) is 0. The normalized spacial score (nSPS) is 48.8. The van der Waals surface area contributed by atoms with Crippen molar-refractivity contribution in [2.45, 2.75) is 96.7 Å². The van der Waals surface area contributed by atoms with Crippen LogP contribution in [0.5, 0.6) is 0 Å². The molecule has 0 bridgehead atoms. The summed E-state index contributed by atoms with van der Waals surface area (Å²) < 4.78 is 0. The maximum atomic E-state index is 11.6. The molecule has 1 aliphatic heterocycles. The van der Waals surface area contributed by atoms with Crippen molar-refractivity contribution in [1.29, 1.82) is 0 Å². The van der Waals surface area contributed by atoms with Crippen molar-refractivity contribution in [2.75, 3.05) is 5.75 Å². The van der Waals surface area contributed by atoms with E-state index in [0.29, 0.717) is 11.3 Å². The topological polar surface area (TPSA) is 40.5 Å². The second kappa shape index (κ2) is 7.14. The Morgan fingerprint density at radius 3 is 2.69 bits per heavy atom. The Morgan fingerprint density at radius 2 is 1.93 bits per heavy atom. The third-order valence-corrected chi connectivity index (χ3v) is 11.3. The lowest BCUT2D eigenvalue weighted by Crippen LogP contribution is -2.53. The zero-order valence-corrected chi connectivity index (χ0v) is 19.4. The zero-order chi connectivity index (χ0) is 20.4. The fourth-order valence-electron chi connectivity index (χ4n) is 8.73. The molecule has 0 amide bonds. The maximum absolute atomic E-state index is 11.6. The molecule has 5 rings (SSSR count). The van der Waals surface area contributed by atoms with E-state index < -0.39 is 5.60 Å². The first-order valence-electron chi connectivity index (χ1n) is 12.2. The van der Waals surface area contributed by atoms with Crippen LogP contribution in [0.2, 0.25) is 0 Å². The van der Waals surface area contributed by atoms with Gasteiger partial charge in [-0.1, -0.05) is 31.6 Å². The van der Waals surface area contributed by atoms with Crippen LogP contribution >= 0.6 is 11.8 Å². The number of aliphatic hydroxyl groups is 2. The maximum Gasteiger partial charge on any atom is 0.0698 e. The van der Waals surface area contributed by atoms with Crippen molar-refractivity contribution in [3.63, 3.8) is 0 Å². The SMILES string of the molecule is C[C@]12CC[C@H]3[C@@H](CC=C4C[C@@H](O)CC[C@@]43C)[C@@H]1CC[C@@H]2[C@@](C)(O)CC1=CCCS1. The van der Waals surface area contributed by atoms with Crippen LogP contribution in [0.4, 0.5) is 0 Å². The third-order valence-electron chi connectivity index (χ3n) is 10.1. The number of thioether (sulfide) groups is 1. The molecular weight excluding hydrogens is 376 g/mol. The molecule has 0 aromatic rings. The van der Waals surface area contributed by atoms with Gasteiger partial charge < -0.3 is 10.2 Å². The molecule has 162 valence electrons. The first-order valence-corrected chi connectivity index (χ1v) is 13.1. The smallest absolute Gasteiger partial charge is 0.0698 e. The second-order valence-electron chi connectivity index (χ2n) is 11.7. The van der Waals surface area contributed by atoms with Crippen molar-refractivity contribution >= 4 is 11.8 Å². The Labute approximate surface area is 181 Å². The van der Waals surface area contributed by atoms with E-state index in [-0.39, 0.29) is 11.5 Å². The average Bonchev–Trinajstić information content (AvgIpc) is 3.29. The summed E-state index contributed by atoms with van der Waals surface area (Å²) >= 11 is 1.96. The number of fused-ring (bicyclic) bond motifs is 5. The highest BCUT2D eigenvalue weighted by molar-refractivity contribution is 8.03. The van der Waals surface area contributed by atoms with Crippen molar-refractivity contribution in [1.82, 2.24) is 0 Å². The van der Waals surface area contributed by atoms with Gasteiger partial charge in [0.1, 0.15) is 0 Å². The molecule has 8 atom stereocenters. The molecule has 3 fully saturated rings. The molecule has 0 radical (unpaired) electrons. The zero-order valence-electron chi connectivity index (χ0n) is 18.6. The Balaban J connectivity index is 1.39. The molecule has 3 saturated carbocycles. The van der Waals surface area contributed by atoms with Gasteiger partial charge in [0.15, 0.2) is 0 Å². The minimum absolute atomic E-state index is 0.117. The van der Waals surface area contributed by atoms with E-state index in [2.05, 4.69) is 32.9 Å². The van der Waals surface area contributed by atoms with Gasteiger partial charge in [0.2, 0.25) is 0 Å². The summed E-state index contributed by atoms with van der Waals surface area (Å²) in [4.78, 5) is 1.43. The predicted octanol–water partition coefficient (Wildman–Crippen LogP) is 6.09. The van der Waals surface area contributed by atoms with Crippen molar-refractivity contribution in [2.24, 2.45) is 34.5 Å². The molecule has 0 unspecified atom stereocenters. The summed E-state index contributed by atoms with van der Waals surface area (Å²) in [5.41, 5.74) is 1.58. The van der Waals surface area contributed by atoms with Crippen molar-refractivity contribution in [3.8, 4) is 0 Å². The Bertz CT molecular complexity index is 724. The minimum Gasteiger partial charge on any atom is -0.393 e. The molecule has 2 N–H and O–H groups in total. The van der Waals surface area contributed by atoms with Crippen molar-refractivity contribution < 1.29 is 10.2 Å². The quantitative estimate of drug-likeness (QED) is 0.547. The molecule has 3 heteroatoms. The highest BCUT2D eigenvalue weighted by atomic mass is 32.2. The number of allylic oxidation sites excluding steroid dienone is 2. The minimum atomic E-state index is -0.575. The summed E-state index contributed by atoms with van der Waals surface area (Å²) in [6.07, 6.45) is 16.1. The summed E-state index contributed by atoms with van der Waals surface area (Å²) in [5, 5.41) is 21.9. The van der Waals surface area contributed by atoms with Gasteiger partial charge in [0.05, 0.1) is 11.7 Å². The molecule has 1 heterocycles. The van der Waals surface area contributed by atoms with Crippen LogP contribution in [-0.4, -0.2) is 27.7 Å². The van der Waals surface area contributed by atoms with E-state index in [1.54, 1.807) is 5.57 Å². The molecule has 0 spiro atoms. The van der Waals surface area contributed by atoms with Crippen LogP contribution in [0.15, 0.2) is 22.6 Å². The number of aliphatic hydroxyl groups excluding tert-OH is 1. The lowest BCUT2D eigenvalue weighted by atomic mass is 9.46. The van der Waals surface area contributed by atoms with E-state index in [0.717, 1.165) is 43.4 Å². The lowest BCUT2D eigenvalue weighted by Gasteiger charge is -2.59. The van der Waals surface area contributed by atoms with Gasteiger partial charge in [-0.2, -0.15) is 0 Å². The fraction of sp³-hybridized carbons (Fsp3) is 0.846. The van der Waals surface area contributed by atoms with E-state index in [1.807, 2.05) is 11.8 Å². The first kappa shape index (κ1) is 20.6. The molecule has 0 saturated heterocycles. The molecule has 0 aromatic carbocycles. The third kappa shape index (κ3) is 3.21. The Kier molecular flexibility index (Phi) is 5.08. The van der Waals surface area contributed by atoms with Gasteiger partial charge in [0.25, 0.3) is 0 Å². The molecule has 2 nitrogen and oxygen atoms in total. The van der Waals surface area contributed by atoms with Crippen molar-refractivity contribution in [3.05, 3.63) is 22.6 Å². The largest absolute Gasteiger partial charge is 0.393 e. The molecule has 4 aliphatic carbocycles. The molecule has 29 heavy (non-hydrogen) atoms. The van der Waals surface area contributed by atoms with Crippen LogP contribution in [-0.2, 0) is 0 Å². The van der Waals surface area contributed by atoms with Gasteiger partial charge in [-0.25, -0.2) is 0 Å². The average molecular weight is 417 g/mol. The summed E-state index contributed by atoms with van der Waals surface area (Å²) in [6.45, 7) is 7.18. The van der Waals surface area contributed by atoms with Crippen LogP contribution < -0.4 is 0 Å². The standard InChI is InChI=1S/C26H40O2S/c1-24-12-10-18(27)15-17(24)6-7-20-21-8-9-23(25(21,2)13-11-22(20)24)26(3,28)16-19-5-4-14-29-19/h5-6,18,20-23,27-28H,4,7-16H2,1-3H3/t18-,20-,21-,22-,23-,24-,25-,26-/m0/s1. The second-order valence-corrected chi connectivity index (χ2v) is 12.9. The van der Waals surface area contributed by atoms with E-state index in [1.165, 1.54) is 49.2 Å². The van der Waals surface area contributed by atoms with Crippen LogP contribution in [0.25, 0.3) is 0 Å². The van der Waals surface area contributed by atoms with Gasteiger partial charge in [0, 0.05) is 12.2 Å². The number of hydrogen-bond acceptors (Lipinski definition) is 3. The Morgan fingerprint density at radius 1 is 1.10 bits per heavy atom. The van der Waals surface area contributed by atoms with E-state index >= 15 is 0 Å². The summed E-state index contributed by atoms with van der Waals surface area (Å²) in [6, 6.07) is 0. The van der Waals surface area contributed by atoms with Crippen LogP contribution in [0.1, 0.15) is 85.0 Å². The monoisotopic (exact) mass is 416 g/mol. The van der Waals surface area contributed by atoms with Gasteiger partial charge in [-0.05, 0) is 104 Å². The first-order chi connectivity index (χ1) is 13.7. The molecule has 5 aliphatic rings. The van der Waals surface area contributed by atoms with Gasteiger partial charge in [-0.3, -0.25) is 0 Å². The number of rotatable bonds is 3. The molecular formula is C26H40O2S. The Hall–Kier alpha value is -0.250. The highest BCUT2D eigenvalue weighted by Gasteiger charge is 2.61. The lowest BCUT2D eigenvalue weighted by molar-refractivity contribution is -0.101. The van der Waals surface area contributed by atoms with Gasteiger partial charge >= 0.3 is 0 Å². The fourth-order valence-corrected chi connectivity index (χ4v) is 9.86. The van der Waals surface area contributed by atoms with Gasteiger partial charge in [-0.15, -0.1) is 11.8 Å². The van der Waals surface area contributed by atoms with E-state index in [9.17, 15) is 10.2 Å². The van der Waals surface area contributed by atoms with Crippen LogP contribution in [0.3, 0.4) is 0 Å². The predicted molar refractivity (Wildman–Crippen MR) is 122 cm³/mol. The van der Waals surface area contributed by atoms with Crippen LogP contribution in [0, 0.1) is 34.5 Å². The summed E-state index contributed by atoms with van der Waals surface area (Å²) in [5.74, 6) is 3.93. The number of hydrogen-bond donors (Lipinski definition) is 2. The highest BCUT2D eigenvalue weighted by Crippen LogP contribution is 2.67. The van der Waals surface area contributed by atoms with E-state index in [4.69, 9.17) is 0 Å². The molecule has 0 aromatic heterocycles.